The van der Waals surface area contributed by atoms with Gasteiger partial charge in [0.2, 0.25) is 17.6 Å². The monoisotopic (exact) mass is 394 g/mol. The van der Waals surface area contributed by atoms with E-state index >= 15 is 0 Å². The number of nitrogens with one attached hydrogen (secondary N) is 3. The van der Waals surface area contributed by atoms with Gasteiger partial charge in [-0.3, -0.25) is 25.4 Å². The number of benzene rings is 1. The van der Waals surface area contributed by atoms with E-state index in [2.05, 4.69) is 31.3 Å². The van der Waals surface area contributed by atoms with Crippen LogP contribution in [-0.2, 0) is 16.0 Å². The molecular formula is C20H22N6O3. The molecule has 0 aliphatic carbocycles. The molecule has 3 N–H and O–H groups in total. The van der Waals surface area contributed by atoms with Gasteiger partial charge in [0.25, 0.3) is 5.91 Å². The molecule has 9 nitrogen and oxygen atoms in total. The maximum Gasteiger partial charge on any atom is 0.257 e. The maximum atomic E-state index is 11.9. The number of hydrogen-bond donors (Lipinski definition) is 3. The molecule has 9 heteroatoms. The van der Waals surface area contributed by atoms with Gasteiger partial charge in [-0.25, -0.2) is 0 Å². The molecule has 2 aromatic heterocycles. The van der Waals surface area contributed by atoms with Gasteiger partial charge in [-0.05, 0) is 37.6 Å². The Morgan fingerprint density at radius 2 is 1.79 bits per heavy atom. The maximum absolute atomic E-state index is 11.9. The van der Waals surface area contributed by atoms with E-state index in [1.54, 1.807) is 24.5 Å². The Bertz CT molecular complexity index is 987. The van der Waals surface area contributed by atoms with Crippen LogP contribution in [-0.4, -0.2) is 33.5 Å². The van der Waals surface area contributed by atoms with Gasteiger partial charge < -0.3 is 9.84 Å². The molecule has 0 atom stereocenters. The van der Waals surface area contributed by atoms with Crippen LogP contribution in [0.15, 0.2) is 47.2 Å². The van der Waals surface area contributed by atoms with Crippen molar-refractivity contribution in [2.75, 3.05) is 11.9 Å². The van der Waals surface area contributed by atoms with Crippen molar-refractivity contribution in [1.82, 2.24) is 26.0 Å². The van der Waals surface area contributed by atoms with Crippen LogP contribution in [0.25, 0.3) is 11.4 Å². The smallest absolute Gasteiger partial charge is 0.257 e. The molecule has 0 radical (unpaired) electrons. The number of carbonyl (C=O) groups is 2. The zero-order valence-corrected chi connectivity index (χ0v) is 16.2. The molecule has 0 saturated heterocycles. The summed E-state index contributed by atoms with van der Waals surface area (Å²) in [5.41, 5.74) is 8.61. The minimum atomic E-state index is -0.353. The fourth-order valence-corrected chi connectivity index (χ4v) is 2.63. The average molecular weight is 394 g/mol. The Kier molecular flexibility index (Phi) is 6.51. The molecule has 3 rings (SSSR count). The van der Waals surface area contributed by atoms with E-state index in [1.807, 2.05) is 32.0 Å². The quantitative estimate of drug-likeness (QED) is 0.524. The third-order valence-electron chi connectivity index (χ3n) is 4.14. The summed E-state index contributed by atoms with van der Waals surface area (Å²) in [4.78, 5) is 32.0. The molecular weight excluding hydrogens is 372 g/mol. The number of aromatic nitrogens is 3. The molecule has 150 valence electrons. The van der Waals surface area contributed by atoms with Crippen molar-refractivity contribution in [2.45, 2.75) is 26.7 Å². The number of hydrazine groups is 1. The lowest BCUT2D eigenvalue weighted by molar-refractivity contribution is -0.128. The summed E-state index contributed by atoms with van der Waals surface area (Å²) in [6, 6.07) is 9.44. The highest BCUT2D eigenvalue weighted by molar-refractivity contribution is 5.84. The van der Waals surface area contributed by atoms with Gasteiger partial charge in [0.1, 0.15) is 0 Å². The summed E-state index contributed by atoms with van der Waals surface area (Å²) >= 11 is 0. The molecule has 1 aromatic carbocycles. The summed E-state index contributed by atoms with van der Waals surface area (Å²) in [5, 5.41) is 6.92. The Balaban J connectivity index is 1.38. The number of rotatable bonds is 7. The van der Waals surface area contributed by atoms with Crippen LogP contribution >= 0.6 is 0 Å². The number of aryl methyl sites for hydroxylation is 3. The van der Waals surface area contributed by atoms with Crippen molar-refractivity contribution < 1.29 is 14.1 Å². The minimum absolute atomic E-state index is 0.0448. The average Bonchev–Trinajstić information content (AvgIpc) is 3.20. The van der Waals surface area contributed by atoms with E-state index in [4.69, 9.17) is 4.52 Å². The second-order valence-electron chi connectivity index (χ2n) is 6.52. The van der Waals surface area contributed by atoms with Crippen LogP contribution < -0.4 is 16.2 Å². The Morgan fingerprint density at radius 1 is 1.03 bits per heavy atom. The summed E-state index contributed by atoms with van der Waals surface area (Å²) in [7, 11) is 0. The van der Waals surface area contributed by atoms with Crippen LogP contribution in [0.2, 0.25) is 0 Å². The molecule has 0 spiro atoms. The summed E-state index contributed by atoms with van der Waals surface area (Å²) in [5.74, 6) is 0.0769. The predicted molar refractivity (Wildman–Crippen MR) is 107 cm³/mol. The molecule has 0 fully saturated rings. The summed E-state index contributed by atoms with van der Waals surface area (Å²) < 4.78 is 5.14. The Hall–Kier alpha value is -3.75. The number of nitrogens with zero attached hydrogens (tertiary/aromatic N) is 3. The molecule has 0 aliphatic rings. The van der Waals surface area contributed by atoms with Gasteiger partial charge in [-0.1, -0.05) is 22.9 Å². The van der Waals surface area contributed by atoms with Crippen LogP contribution in [0.3, 0.4) is 0 Å². The highest BCUT2D eigenvalue weighted by Crippen LogP contribution is 2.16. The normalized spacial score (nSPS) is 10.4. The minimum Gasteiger partial charge on any atom is -0.376 e. The van der Waals surface area contributed by atoms with Gasteiger partial charge in [0.15, 0.2) is 0 Å². The van der Waals surface area contributed by atoms with Gasteiger partial charge >= 0.3 is 0 Å². The van der Waals surface area contributed by atoms with E-state index in [0.29, 0.717) is 11.7 Å². The van der Waals surface area contributed by atoms with E-state index < -0.39 is 0 Å². The van der Waals surface area contributed by atoms with Gasteiger partial charge in [0.05, 0.1) is 6.54 Å². The summed E-state index contributed by atoms with van der Waals surface area (Å²) in [6.07, 6.45) is 3.64. The van der Waals surface area contributed by atoms with Gasteiger partial charge in [-0.2, -0.15) is 4.98 Å². The topological polar surface area (TPSA) is 122 Å². The van der Waals surface area contributed by atoms with Crippen LogP contribution in [0.5, 0.6) is 0 Å². The van der Waals surface area contributed by atoms with Crippen molar-refractivity contribution in [3.8, 4) is 11.4 Å². The molecule has 0 saturated carbocycles. The lowest BCUT2D eigenvalue weighted by atomic mass is 10.1. The first-order chi connectivity index (χ1) is 14.0. The van der Waals surface area contributed by atoms with Crippen LogP contribution in [0.4, 0.5) is 5.69 Å². The first-order valence-electron chi connectivity index (χ1n) is 9.13. The lowest BCUT2D eigenvalue weighted by Crippen LogP contribution is -2.44. The number of carbonyl (C=O) groups excluding carboxylic acids is 2. The largest absolute Gasteiger partial charge is 0.376 e. The molecule has 0 unspecified atom stereocenters. The van der Waals surface area contributed by atoms with Gasteiger partial charge in [0, 0.05) is 36.5 Å². The molecule has 2 heterocycles. The third-order valence-corrected chi connectivity index (χ3v) is 4.14. The number of hydrogen-bond acceptors (Lipinski definition) is 7. The molecule has 2 amide bonds. The van der Waals surface area contributed by atoms with E-state index in [1.165, 1.54) is 0 Å². The molecule has 0 aliphatic heterocycles. The van der Waals surface area contributed by atoms with Crippen molar-refractivity contribution in [2.24, 2.45) is 0 Å². The van der Waals surface area contributed by atoms with E-state index in [9.17, 15) is 9.59 Å². The SMILES string of the molecule is Cc1ccc(NCC(=O)NNC(=O)CCc2nc(-c3ccncc3)no2)c(C)c1. The Morgan fingerprint density at radius 3 is 2.55 bits per heavy atom. The lowest BCUT2D eigenvalue weighted by Gasteiger charge is -2.11. The number of pyridine rings is 1. The first kappa shape index (κ1) is 20.0. The number of amides is 2. The van der Waals surface area contributed by atoms with Crippen molar-refractivity contribution in [1.29, 1.82) is 0 Å². The second kappa shape index (κ2) is 9.45. The van der Waals surface area contributed by atoms with E-state index in [-0.39, 0.29) is 31.2 Å². The highest BCUT2D eigenvalue weighted by atomic mass is 16.5. The second-order valence-corrected chi connectivity index (χ2v) is 6.52. The Labute approximate surface area is 167 Å². The highest BCUT2D eigenvalue weighted by Gasteiger charge is 2.11. The van der Waals surface area contributed by atoms with E-state index in [0.717, 1.165) is 22.4 Å². The standard InChI is InChI=1S/C20H22N6O3/c1-13-3-4-16(14(2)11-13)22-12-18(28)25-24-17(27)5-6-19-23-20(26-29-19)15-7-9-21-10-8-15/h3-4,7-11,22H,5-6,12H2,1-2H3,(H,24,27)(H,25,28). The first-order valence-corrected chi connectivity index (χ1v) is 9.13. The van der Waals surface area contributed by atoms with Crippen LogP contribution in [0.1, 0.15) is 23.4 Å². The van der Waals surface area contributed by atoms with Crippen molar-refractivity contribution in [3.05, 3.63) is 59.7 Å². The summed E-state index contributed by atoms with van der Waals surface area (Å²) in [6.45, 7) is 4.02. The molecule has 0 bridgehead atoms. The predicted octanol–water partition coefficient (Wildman–Crippen LogP) is 1.94. The van der Waals surface area contributed by atoms with Crippen LogP contribution in [0, 0.1) is 13.8 Å². The molecule has 3 aromatic rings. The van der Waals surface area contributed by atoms with Crippen molar-refractivity contribution in [3.63, 3.8) is 0 Å². The number of anilines is 1. The molecule has 29 heavy (non-hydrogen) atoms. The van der Waals surface area contributed by atoms with Gasteiger partial charge in [-0.15, -0.1) is 0 Å². The zero-order valence-electron chi connectivity index (χ0n) is 16.2. The third kappa shape index (κ3) is 5.86. The fraction of sp³-hybridized carbons (Fsp3) is 0.250. The zero-order chi connectivity index (χ0) is 20.6. The van der Waals surface area contributed by atoms with Crippen molar-refractivity contribution >= 4 is 17.5 Å². The fourth-order valence-electron chi connectivity index (χ4n) is 2.63.